The maximum absolute atomic E-state index is 12.6. The van der Waals surface area contributed by atoms with E-state index < -0.39 is 15.9 Å². The Morgan fingerprint density at radius 3 is 2.50 bits per heavy atom. The van der Waals surface area contributed by atoms with Crippen molar-refractivity contribution in [2.24, 2.45) is 5.92 Å². The number of hydrogen-bond acceptors (Lipinski definition) is 6. The lowest BCUT2D eigenvalue weighted by Gasteiger charge is -2.09. The Balaban J connectivity index is 1.46. The van der Waals surface area contributed by atoms with Crippen molar-refractivity contribution in [3.63, 3.8) is 0 Å². The van der Waals surface area contributed by atoms with E-state index in [0.717, 1.165) is 12.8 Å². The van der Waals surface area contributed by atoms with Crippen molar-refractivity contribution in [3.8, 4) is 17.1 Å². The van der Waals surface area contributed by atoms with Crippen molar-refractivity contribution in [2.45, 2.75) is 17.7 Å². The number of hydrogen-bond donors (Lipinski definition) is 3. The first-order chi connectivity index (χ1) is 14.4. The number of phenols is 1. The number of aromatic hydroxyl groups is 1. The largest absolute Gasteiger partial charge is 0.508 e. The molecular weight excluding hydrogens is 404 g/mol. The summed E-state index contributed by atoms with van der Waals surface area (Å²) >= 11 is 0. The van der Waals surface area contributed by atoms with Crippen LogP contribution in [0.1, 0.15) is 23.2 Å². The monoisotopic (exact) mass is 424 g/mol. The normalized spacial score (nSPS) is 13.7. The summed E-state index contributed by atoms with van der Waals surface area (Å²) in [6.45, 7) is 0.418. The second-order valence-electron chi connectivity index (χ2n) is 7.12. The molecule has 0 bridgehead atoms. The third kappa shape index (κ3) is 4.81. The summed E-state index contributed by atoms with van der Waals surface area (Å²) in [5.74, 6) is 0.450. The van der Waals surface area contributed by atoms with Crippen LogP contribution in [0.5, 0.6) is 5.75 Å². The predicted octanol–water partition coefficient (Wildman–Crippen LogP) is 2.79. The molecule has 0 aliphatic heterocycles. The van der Waals surface area contributed by atoms with Crippen LogP contribution in [0, 0.1) is 5.92 Å². The summed E-state index contributed by atoms with van der Waals surface area (Å²) in [6, 6.07) is 12.4. The van der Waals surface area contributed by atoms with E-state index in [1.165, 1.54) is 42.7 Å². The molecule has 30 heavy (non-hydrogen) atoms. The first kappa shape index (κ1) is 20.0. The van der Waals surface area contributed by atoms with Gasteiger partial charge in [-0.1, -0.05) is 18.2 Å². The van der Waals surface area contributed by atoms with Crippen molar-refractivity contribution in [1.29, 1.82) is 0 Å². The fraction of sp³-hybridized carbons (Fsp3) is 0.190. The van der Waals surface area contributed by atoms with Gasteiger partial charge in [-0.3, -0.25) is 4.79 Å². The molecule has 0 saturated heterocycles. The Kier molecular flexibility index (Phi) is 5.47. The molecule has 0 unspecified atom stereocenters. The second-order valence-corrected chi connectivity index (χ2v) is 8.89. The number of benzene rings is 2. The molecule has 0 spiro atoms. The summed E-state index contributed by atoms with van der Waals surface area (Å²) < 4.78 is 27.4. The van der Waals surface area contributed by atoms with Crippen molar-refractivity contribution < 1.29 is 18.3 Å². The second kappa shape index (κ2) is 8.21. The minimum atomic E-state index is -3.66. The topological polar surface area (TPSA) is 121 Å². The Bertz CT molecular complexity index is 1180. The molecule has 3 N–H and O–H groups in total. The third-order valence-electron chi connectivity index (χ3n) is 4.68. The van der Waals surface area contributed by atoms with Gasteiger partial charge in [0, 0.05) is 17.7 Å². The van der Waals surface area contributed by atoms with Crippen LogP contribution in [0.3, 0.4) is 0 Å². The first-order valence-corrected chi connectivity index (χ1v) is 10.9. The number of nitrogens with one attached hydrogen (secondary N) is 2. The number of carbonyl (C=O) groups excluding carboxylic acids is 1. The highest BCUT2D eigenvalue weighted by Crippen LogP contribution is 2.28. The predicted molar refractivity (Wildman–Crippen MR) is 111 cm³/mol. The number of rotatable bonds is 7. The summed E-state index contributed by atoms with van der Waals surface area (Å²) in [5, 5.41) is 12.2. The lowest BCUT2D eigenvalue weighted by molar-refractivity contribution is 0.102. The van der Waals surface area contributed by atoms with Crippen LogP contribution < -0.4 is 10.0 Å². The number of nitrogens with zero attached hydrogens (tertiary/aromatic N) is 2. The summed E-state index contributed by atoms with van der Waals surface area (Å²) in [4.78, 5) is 21.0. The highest BCUT2D eigenvalue weighted by molar-refractivity contribution is 7.89. The highest BCUT2D eigenvalue weighted by Gasteiger charge is 2.24. The van der Waals surface area contributed by atoms with Crippen LogP contribution in [0.2, 0.25) is 0 Å². The van der Waals surface area contributed by atoms with E-state index in [0.29, 0.717) is 29.5 Å². The van der Waals surface area contributed by atoms with Gasteiger partial charge in [0.05, 0.1) is 23.0 Å². The summed E-state index contributed by atoms with van der Waals surface area (Å²) in [7, 11) is -3.66. The van der Waals surface area contributed by atoms with Gasteiger partial charge in [-0.15, -0.1) is 0 Å². The van der Waals surface area contributed by atoms with E-state index in [4.69, 9.17) is 0 Å². The molecule has 0 atom stereocenters. The van der Waals surface area contributed by atoms with Crippen LogP contribution in [0.25, 0.3) is 11.4 Å². The fourth-order valence-electron chi connectivity index (χ4n) is 2.83. The van der Waals surface area contributed by atoms with Crippen LogP contribution in [0.15, 0.2) is 65.8 Å². The van der Waals surface area contributed by atoms with Crippen molar-refractivity contribution in [3.05, 3.63) is 66.5 Å². The number of carbonyl (C=O) groups is 1. The van der Waals surface area contributed by atoms with Crippen LogP contribution in [0.4, 0.5) is 5.69 Å². The van der Waals surface area contributed by atoms with E-state index in [2.05, 4.69) is 20.0 Å². The van der Waals surface area contributed by atoms with Crippen molar-refractivity contribution in [2.75, 3.05) is 11.9 Å². The van der Waals surface area contributed by atoms with Gasteiger partial charge in [0.2, 0.25) is 10.0 Å². The number of phenolic OH excluding ortho intramolecular Hbond substituents is 1. The highest BCUT2D eigenvalue weighted by atomic mass is 32.2. The smallest absolute Gasteiger partial charge is 0.255 e. The minimum Gasteiger partial charge on any atom is -0.508 e. The first-order valence-electron chi connectivity index (χ1n) is 9.43. The molecule has 1 amide bonds. The maximum Gasteiger partial charge on any atom is 0.255 e. The lowest BCUT2D eigenvalue weighted by atomic mass is 10.2. The lowest BCUT2D eigenvalue weighted by Crippen LogP contribution is -2.26. The molecule has 3 aromatic rings. The van der Waals surface area contributed by atoms with Gasteiger partial charge < -0.3 is 10.4 Å². The number of anilines is 1. The molecule has 1 aromatic heterocycles. The average molecular weight is 424 g/mol. The standard InChI is InChI=1S/C21H20N4O4S/c26-18-5-1-3-15(9-18)20-22-12-17(13-23-20)25-21(27)16-4-2-6-19(10-16)30(28,29)24-11-14-7-8-14/h1-6,9-10,12-14,24,26H,7-8,11H2,(H,25,27). The zero-order chi connectivity index (χ0) is 21.1. The van der Waals surface area contributed by atoms with Gasteiger partial charge in [-0.2, -0.15) is 0 Å². The summed E-state index contributed by atoms with van der Waals surface area (Å²) in [5.41, 5.74) is 1.22. The van der Waals surface area contributed by atoms with E-state index in [-0.39, 0.29) is 16.2 Å². The van der Waals surface area contributed by atoms with Gasteiger partial charge in [0.15, 0.2) is 5.82 Å². The Morgan fingerprint density at radius 2 is 1.80 bits per heavy atom. The zero-order valence-corrected chi connectivity index (χ0v) is 16.8. The number of aromatic nitrogens is 2. The van der Waals surface area contributed by atoms with Gasteiger partial charge >= 0.3 is 0 Å². The molecule has 1 heterocycles. The van der Waals surface area contributed by atoms with Crippen LogP contribution >= 0.6 is 0 Å². The fourth-order valence-corrected chi connectivity index (χ4v) is 3.99. The molecule has 4 rings (SSSR count). The minimum absolute atomic E-state index is 0.0475. The third-order valence-corrected chi connectivity index (χ3v) is 6.10. The molecule has 1 aliphatic rings. The Hall–Kier alpha value is -3.30. The van der Waals surface area contributed by atoms with Crippen molar-refractivity contribution in [1.82, 2.24) is 14.7 Å². The molecule has 0 radical (unpaired) electrons. The molecule has 154 valence electrons. The van der Waals surface area contributed by atoms with Crippen LogP contribution in [-0.4, -0.2) is 35.9 Å². The molecule has 9 heteroatoms. The molecule has 1 saturated carbocycles. The Morgan fingerprint density at radius 1 is 1.07 bits per heavy atom. The van der Waals surface area contributed by atoms with Crippen LogP contribution in [-0.2, 0) is 10.0 Å². The van der Waals surface area contributed by atoms with Gasteiger partial charge in [0.25, 0.3) is 5.91 Å². The molecule has 1 aliphatic carbocycles. The number of amides is 1. The van der Waals surface area contributed by atoms with Gasteiger partial charge in [-0.25, -0.2) is 23.1 Å². The molecule has 1 fully saturated rings. The van der Waals surface area contributed by atoms with Gasteiger partial charge in [0.1, 0.15) is 5.75 Å². The molecule has 8 nitrogen and oxygen atoms in total. The van der Waals surface area contributed by atoms with E-state index in [1.807, 2.05) is 0 Å². The summed E-state index contributed by atoms with van der Waals surface area (Å²) in [6.07, 6.45) is 4.97. The number of sulfonamides is 1. The van der Waals surface area contributed by atoms with E-state index >= 15 is 0 Å². The SMILES string of the molecule is O=C(Nc1cnc(-c2cccc(O)c2)nc1)c1cccc(S(=O)(=O)NCC2CC2)c1. The average Bonchev–Trinajstić information content (AvgIpc) is 3.58. The van der Waals surface area contributed by atoms with E-state index in [9.17, 15) is 18.3 Å². The zero-order valence-electron chi connectivity index (χ0n) is 15.9. The van der Waals surface area contributed by atoms with Crippen molar-refractivity contribution >= 4 is 21.6 Å². The molecular formula is C21H20N4O4S. The quantitative estimate of drug-likeness (QED) is 0.536. The Labute approximate surface area is 174 Å². The van der Waals surface area contributed by atoms with E-state index in [1.54, 1.807) is 18.2 Å². The maximum atomic E-state index is 12.6. The van der Waals surface area contributed by atoms with Gasteiger partial charge in [-0.05, 0) is 49.1 Å². The molecule has 2 aromatic carbocycles.